The average Bonchev–Trinajstić information content (AvgIpc) is 3.48. The van der Waals surface area contributed by atoms with Gasteiger partial charge in [0.15, 0.2) is 5.78 Å². The second kappa shape index (κ2) is 29.7. The van der Waals surface area contributed by atoms with E-state index in [2.05, 4.69) is 20.1 Å². The zero-order valence-electron chi connectivity index (χ0n) is 48.7. The van der Waals surface area contributed by atoms with Crippen LogP contribution in [0, 0.1) is 24.6 Å². The Hall–Kier alpha value is -5.94. The summed E-state index contributed by atoms with van der Waals surface area (Å²) in [7, 11) is 3.50. The quantitative estimate of drug-likeness (QED) is 0.0433. The van der Waals surface area contributed by atoms with Gasteiger partial charge in [-0.15, -0.1) is 11.8 Å². The van der Waals surface area contributed by atoms with Gasteiger partial charge in [0.05, 0.1) is 94.0 Å². The van der Waals surface area contributed by atoms with Gasteiger partial charge in [-0.2, -0.15) is 5.10 Å². The largest absolute Gasteiger partial charge is 0.382 e. The first-order chi connectivity index (χ1) is 40.3. The number of aromatic nitrogens is 3. The predicted octanol–water partition coefficient (Wildman–Crippen LogP) is 6.99. The van der Waals surface area contributed by atoms with Gasteiger partial charge in [0.2, 0.25) is 5.91 Å². The number of ether oxygens (including phenoxy) is 4. The van der Waals surface area contributed by atoms with Gasteiger partial charge in [-0.25, -0.2) is 9.37 Å². The number of hydrogen-bond acceptors (Lipinski definition) is 17. The highest BCUT2D eigenvalue weighted by molar-refractivity contribution is 8.14. The summed E-state index contributed by atoms with van der Waals surface area (Å²) < 4.78 is 39.5. The number of benzene rings is 2. The number of nitrogens with two attached hydrogens (primary N) is 1. The van der Waals surface area contributed by atoms with Crippen LogP contribution in [0.5, 0.6) is 0 Å². The lowest BCUT2D eigenvalue weighted by Gasteiger charge is -2.38. The average molecular weight is 1160 g/mol. The number of pyridine rings is 1. The SMILES string of the molecule is CN[C@H](C)C(=O)C[C@@H](C(=O)N1CCC[C@@H]1C1=NC(C(=O)c2ccc(C)cc2)CS1)C1CCN(CCOCCOCCOCCOCCC(=O)CCCn2cc3c(n2)CN(C)C(=O)c2ccc(F)cc2[C@H]2CCCN2c2cc-3cnc2N)CC1. The third-order valence-corrected chi connectivity index (χ3v) is 18.1. The van der Waals surface area contributed by atoms with E-state index in [1.165, 1.54) is 12.1 Å². The number of likely N-dealkylation sites (tertiary alicyclic amines) is 2. The Morgan fingerprint density at radius 3 is 2.27 bits per heavy atom. The topological polar surface area (TPSA) is 216 Å². The van der Waals surface area contributed by atoms with Crippen LogP contribution in [0.4, 0.5) is 15.9 Å². The molecule has 2 bridgehead atoms. The molecule has 2 aromatic heterocycles. The summed E-state index contributed by atoms with van der Waals surface area (Å²) in [4.78, 5) is 85.5. The summed E-state index contributed by atoms with van der Waals surface area (Å²) in [6.45, 7) is 11.7. The third kappa shape index (κ3) is 15.9. The third-order valence-electron chi connectivity index (χ3n) is 17.0. The fraction of sp³-hybridized carbons (Fsp3) is 0.581. The van der Waals surface area contributed by atoms with E-state index in [1.807, 2.05) is 60.0 Å². The van der Waals surface area contributed by atoms with Gasteiger partial charge < -0.3 is 49.6 Å². The highest BCUT2D eigenvalue weighted by Crippen LogP contribution is 2.42. The van der Waals surface area contributed by atoms with Crippen LogP contribution in [0.15, 0.2) is 65.9 Å². The van der Waals surface area contributed by atoms with E-state index in [0.717, 1.165) is 85.6 Å². The van der Waals surface area contributed by atoms with Crippen LogP contribution in [0.1, 0.15) is 115 Å². The standard InChI is InChI=1S/C62H83FN10O9S/c1-41-11-13-44(14-12-41)58(76)53-40-83-60(67-53)55-10-7-22-73(55)62(78)49(36-57(75)42(2)65-3)43-17-23-70(24-18-43)25-27-80-29-31-82-33-32-81-30-28-79-26-19-47(74)8-5-20-71-38-51-45-34-56(59(64)66-37-45)72-21-6-9-54(72)50-35-46(63)15-16-48(50)61(77)69(4)39-52(51)68-71/h11-16,34-35,37-38,42-43,49,53-55,65H,5-10,17-33,36,39-40H2,1-4H3,(H2,64,66)/t42-,49-,53?,54-,55-/m1/s1. The normalized spacial score (nSPS) is 20.1. The Morgan fingerprint density at radius 2 is 1.53 bits per heavy atom. The molecule has 7 heterocycles. The van der Waals surface area contributed by atoms with Crippen LogP contribution in [0.25, 0.3) is 11.1 Å². The molecule has 1 unspecified atom stereocenters. The second-order valence-electron chi connectivity index (χ2n) is 22.6. The molecular formula is C62H83FN10O9S. The first-order valence-corrected chi connectivity index (χ1v) is 30.8. The number of Topliss-reactive ketones (excluding diaryl/α,β-unsaturated/α-hetero) is 3. The monoisotopic (exact) mass is 1160 g/mol. The van der Waals surface area contributed by atoms with Gasteiger partial charge in [0.1, 0.15) is 29.2 Å². The lowest BCUT2D eigenvalue weighted by atomic mass is 9.79. The zero-order valence-corrected chi connectivity index (χ0v) is 49.6. The van der Waals surface area contributed by atoms with Crippen molar-refractivity contribution in [3.05, 3.63) is 94.7 Å². The molecule has 3 saturated heterocycles. The molecule has 0 aliphatic carbocycles. The molecule has 0 saturated carbocycles. The summed E-state index contributed by atoms with van der Waals surface area (Å²) in [5.41, 5.74) is 12.4. The molecule has 5 aliphatic rings. The number of halogens is 1. The highest BCUT2D eigenvalue weighted by Gasteiger charge is 2.43. The molecule has 5 atom stereocenters. The number of rotatable bonds is 28. The summed E-state index contributed by atoms with van der Waals surface area (Å²) in [5, 5.41) is 8.80. The Bertz CT molecular complexity index is 2920. The first kappa shape index (κ1) is 61.6. The van der Waals surface area contributed by atoms with E-state index in [9.17, 15) is 28.4 Å². The molecule has 19 nitrogen and oxygen atoms in total. The number of likely N-dealkylation sites (N-methyl/N-ethyl adjacent to an activating group) is 1. The van der Waals surface area contributed by atoms with Gasteiger partial charge in [-0.1, -0.05) is 29.8 Å². The number of carbonyl (C=O) groups excluding carboxylic acids is 5. The van der Waals surface area contributed by atoms with Crippen molar-refractivity contribution in [3.63, 3.8) is 0 Å². The predicted molar refractivity (Wildman–Crippen MR) is 318 cm³/mol. The number of aryl methyl sites for hydroxylation is 2. The van der Waals surface area contributed by atoms with Crippen molar-refractivity contribution >= 4 is 57.5 Å². The minimum atomic E-state index is -0.456. The fourth-order valence-corrected chi connectivity index (χ4v) is 13.3. The van der Waals surface area contributed by atoms with E-state index >= 15 is 0 Å². The number of anilines is 2. The Kier molecular flexibility index (Phi) is 22.1. The van der Waals surface area contributed by atoms with Crippen LogP contribution in [-0.4, -0.2) is 187 Å². The number of amides is 2. The van der Waals surface area contributed by atoms with Crippen LogP contribution in [0.2, 0.25) is 0 Å². The summed E-state index contributed by atoms with van der Waals surface area (Å²) in [6, 6.07) is 12.8. The Labute approximate surface area is 491 Å². The van der Waals surface area contributed by atoms with E-state index in [4.69, 9.17) is 34.8 Å². The molecule has 2 amide bonds. The summed E-state index contributed by atoms with van der Waals surface area (Å²) in [5.74, 6) is 0.204. The fourth-order valence-electron chi connectivity index (χ4n) is 12.1. The lowest BCUT2D eigenvalue weighted by molar-refractivity contribution is -0.141. The number of nitrogens with one attached hydrogen (secondary N) is 1. The number of hydrogen-bond donors (Lipinski definition) is 2. The minimum absolute atomic E-state index is 0.0118. The number of carbonyl (C=O) groups is 5. The van der Waals surface area contributed by atoms with Crippen molar-refractivity contribution in [1.82, 2.24) is 34.8 Å². The van der Waals surface area contributed by atoms with Gasteiger partial charge in [-0.3, -0.25) is 33.6 Å². The molecule has 3 N–H and O–H groups in total. The zero-order chi connectivity index (χ0) is 58.4. The second-order valence-corrected chi connectivity index (χ2v) is 23.7. The van der Waals surface area contributed by atoms with Crippen molar-refractivity contribution < 1.29 is 47.3 Å². The van der Waals surface area contributed by atoms with Crippen molar-refractivity contribution in [2.24, 2.45) is 16.8 Å². The van der Waals surface area contributed by atoms with E-state index < -0.39 is 17.8 Å². The molecule has 21 heteroatoms. The number of piperidine rings is 1. The molecule has 4 aromatic rings. The van der Waals surface area contributed by atoms with Gasteiger partial charge >= 0.3 is 0 Å². The molecule has 0 spiro atoms. The van der Waals surface area contributed by atoms with Gasteiger partial charge in [0.25, 0.3) is 5.91 Å². The van der Waals surface area contributed by atoms with E-state index in [0.29, 0.717) is 126 Å². The summed E-state index contributed by atoms with van der Waals surface area (Å²) in [6.07, 6.45) is 10.0. The van der Waals surface area contributed by atoms with Crippen LogP contribution >= 0.6 is 11.8 Å². The maximum atomic E-state index is 14.7. The molecule has 5 aliphatic heterocycles. The number of nitrogen functional groups attached to an aromatic ring is 1. The Morgan fingerprint density at radius 1 is 0.831 bits per heavy atom. The minimum Gasteiger partial charge on any atom is -0.382 e. The van der Waals surface area contributed by atoms with Crippen molar-refractivity contribution in [2.75, 3.05) is 116 Å². The van der Waals surface area contributed by atoms with Crippen LogP contribution in [-0.2, 0) is 46.4 Å². The number of aliphatic imine (C=N–C) groups is 1. The Balaban J connectivity index is 0.622. The van der Waals surface area contributed by atoms with Crippen molar-refractivity contribution in [3.8, 4) is 11.1 Å². The molecule has 83 heavy (non-hydrogen) atoms. The van der Waals surface area contributed by atoms with E-state index in [-0.39, 0.29) is 66.2 Å². The van der Waals surface area contributed by atoms with Crippen LogP contribution in [0.3, 0.4) is 0 Å². The number of ketones is 3. The highest BCUT2D eigenvalue weighted by atomic mass is 32.2. The summed E-state index contributed by atoms with van der Waals surface area (Å²) >= 11 is 1.59. The molecule has 2 aromatic carbocycles. The number of nitrogens with zero attached hydrogens (tertiary/aromatic N) is 8. The van der Waals surface area contributed by atoms with Crippen LogP contribution < -0.4 is 16.0 Å². The van der Waals surface area contributed by atoms with Gasteiger partial charge in [0, 0.05) is 98.8 Å². The maximum Gasteiger partial charge on any atom is 0.254 e. The number of fused-ring (bicyclic) bond motifs is 8. The van der Waals surface area contributed by atoms with Gasteiger partial charge in [-0.05, 0) is 115 Å². The van der Waals surface area contributed by atoms with Crippen molar-refractivity contribution in [2.45, 2.75) is 115 Å². The molecule has 9 rings (SSSR count). The molecule has 448 valence electrons. The van der Waals surface area contributed by atoms with E-state index in [1.54, 1.807) is 43.0 Å². The smallest absolute Gasteiger partial charge is 0.254 e. The van der Waals surface area contributed by atoms with Crippen molar-refractivity contribution in [1.29, 1.82) is 0 Å². The first-order valence-electron chi connectivity index (χ1n) is 29.8. The molecular weight excluding hydrogens is 1080 g/mol. The number of thioether (sulfide) groups is 1. The molecule has 3 fully saturated rings. The maximum absolute atomic E-state index is 14.7. The lowest BCUT2D eigenvalue weighted by Crippen LogP contribution is -2.48. The molecule has 0 radical (unpaired) electrons.